The van der Waals surface area contributed by atoms with Crippen molar-refractivity contribution in [3.05, 3.63) is 47.2 Å². The molecule has 2 rings (SSSR count). The fourth-order valence-corrected chi connectivity index (χ4v) is 2.38. The molecule has 0 saturated carbocycles. The van der Waals surface area contributed by atoms with E-state index in [4.69, 9.17) is 42.9 Å². The first kappa shape index (κ1) is 20.9. The van der Waals surface area contributed by atoms with E-state index in [1.165, 1.54) is 17.8 Å². The van der Waals surface area contributed by atoms with Crippen LogP contribution in [0.25, 0.3) is 0 Å². The highest BCUT2D eigenvalue weighted by Crippen LogP contribution is 2.29. The third-order valence-electron chi connectivity index (χ3n) is 2.45. The quantitative estimate of drug-likeness (QED) is 0.615. The molecule has 10 heteroatoms. The Morgan fingerprint density at radius 3 is 2.04 bits per heavy atom. The molecule has 0 saturated heterocycles. The van der Waals surface area contributed by atoms with Crippen LogP contribution in [0, 0.1) is 0 Å². The zero-order valence-corrected chi connectivity index (χ0v) is 14.7. The van der Waals surface area contributed by atoms with Gasteiger partial charge in [0.1, 0.15) is 5.38 Å². The van der Waals surface area contributed by atoms with Crippen LogP contribution in [0.3, 0.4) is 0 Å². The van der Waals surface area contributed by atoms with E-state index in [0.717, 1.165) is 4.90 Å². The highest BCUT2D eigenvalue weighted by molar-refractivity contribution is 7.99. The summed E-state index contributed by atoms with van der Waals surface area (Å²) in [4.78, 5) is 31.1. The van der Waals surface area contributed by atoms with Gasteiger partial charge in [-0.3, -0.25) is 9.59 Å². The maximum Gasteiger partial charge on any atom is 0.371 e. The van der Waals surface area contributed by atoms with Crippen LogP contribution in [0.15, 0.2) is 50.8 Å². The Bertz CT molecular complexity index is 743. The summed E-state index contributed by atoms with van der Waals surface area (Å²) in [7, 11) is 0. The number of carbonyl (C=O) groups is 3. The molecule has 134 valence electrons. The van der Waals surface area contributed by atoms with Gasteiger partial charge < -0.3 is 19.7 Å². The lowest BCUT2D eigenvalue weighted by Crippen LogP contribution is -2.17. The lowest BCUT2D eigenvalue weighted by molar-refractivity contribution is -0.143. The third-order valence-corrected chi connectivity index (χ3v) is 3.97. The zero-order chi connectivity index (χ0) is 19.0. The van der Waals surface area contributed by atoms with E-state index in [-0.39, 0.29) is 5.76 Å². The number of hydrogen-bond acceptors (Lipinski definition) is 5. The van der Waals surface area contributed by atoms with Gasteiger partial charge in [0.05, 0.1) is 6.42 Å². The summed E-state index contributed by atoms with van der Waals surface area (Å²) in [6.45, 7) is 0. The minimum Gasteiger partial charge on any atom is -0.481 e. The molecule has 25 heavy (non-hydrogen) atoms. The maximum absolute atomic E-state index is 10.6. The number of furan rings is 1. The van der Waals surface area contributed by atoms with Gasteiger partial charge in [0, 0.05) is 9.92 Å². The Balaban J connectivity index is 0.000000299. The lowest BCUT2D eigenvalue weighted by Gasteiger charge is -1.97. The van der Waals surface area contributed by atoms with Crippen LogP contribution in [0.4, 0.5) is 0 Å². The fourth-order valence-electron chi connectivity index (χ4n) is 1.35. The molecule has 1 atom stereocenters. The highest BCUT2D eigenvalue weighted by atomic mass is 35.5. The molecule has 0 unspecified atom stereocenters. The van der Waals surface area contributed by atoms with E-state index in [1.54, 1.807) is 18.2 Å². The summed E-state index contributed by atoms with van der Waals surface area (Å²) < 4.78 is 5.11. The summed E-state index contributed by atoms with van der Waals surface area (Å²) in [6.07, 6.45) is -0.545. The maximum atomic E-state index is 10.6. The van der Waals surface area contributed by atoms with E-state index in [0.29, 0.717) is 10.1 Å². The van der Waals surface area contributed by atoms with Crippen LogP contribution < -0.4 is 0 Å². The molecule has 1 aromatic heterocycles. The molecule has 3 N–H and O–H groups in total. The van der Waals surface area contributed by atoms with Gasteiger partial charge in [-0.2, -0.15) is 0 Å². The number of hydrogen-bond donors (Lipinski definition) is 3. The molecular weight excluding hydrogens is 395 g/mol. The van der Waals surface area contributed by atoms with Crippen LogP contribution in [0.2, 0.25) is 5.02 Å². The van der Waals surface area contributed by atoms with E-state index < -0.39 is 29.7 Å². The Hall–Kier alpha value is -2.16. The molecule has 1 aromatic carbocycles. The summed E-state index contributed by atoms with van der Waals surface area (Å²) in [6, 6.07) is 10.3. The molecule has 0 bridgehead atoms. The van der Waals surface area contributed by atoms with Crippen molar-refractivity contribution in [2.24, 2.45) is 0 Å². The van der Waals surface area contributed by atoms with Crippen molar-refractivity contribution in [3.63, 3.8) is 0 Å². The van der Waals surface area contributed by atoms with E-state index in [9.17, 15) is 14.4 Å². The minimum absolute atomic E-state index is 0.0588. The first-order valence-electron chi connectivity index (χ1n) is 6.54. The molecule has 0 aliphatic rings. The number of aliphatic carboxylic acids is 2. The van der Waals surface area contributed by atoms with Crippen molar-refractivity contribution in [1.82, 2.24) is 0 Å². The minimum atomic E-state index is -1.32. The summed E-state index contributed by atoms with van der Waals surface area (Å²) in [5.41, 5.74) is 0. The number of benzene rings is 1. The van der Waals surface area contributed by atoms with Gasteiger partial charge >= 0.3 is 17.9 Å². The number of aromatic carboxylic acids is 1. The van der Waals surface area contributed by atoms with Gasteiger partial charge in [0.25, 0.3) is 0 Å². The zero-order valence-electron chi connectivity index (χ0n) is 12.4. The average molecular weight is 407 g/mol. The van der Waals surface area contributed by atoms with Crippen LogP contribution in [-0.2, 0) is 9.59 Å². The predicted octanol–water partition coefficient (Wildman–Crippen LogP) is 3.94. The largest absolute Gasteiger partial charge is 0.481 e. The van der Waals surface area contributed by atoms with Crippen LogP contribution in [-0.4, -0.2) is 38.6 Å². The van der Waals surface area contributed by atoms with Crippen LogP contribution in [0.1, 0.15) is 17.0 Å². The smallest absolute Gasteiger partial charge is 0.371 e. The molecule has 0 spiro atoms. The van der Waals surface area contributed by atoms with Crippen molar-refractivity contribution in [2.75, 3.05) is 0 Å². The normalized spacial score (nSPS) is 11.1. The molecule has 7 nitrogen and oxygen atoms in total. The molecule has 0 aliphatic heterocycles. The summed E-state index contributed by atoms with van der Waals surface area (Å²) >= 11 is 12.1. The molecule has 0 aliphatic carbocycles. The van der Waals surface area contributed by atoms with Gasteiger partial charge in [-0.1, -0.05) is 23.4 Å². The van der Waals surface area contributed by atoms with E-state index >= 15 is 0 Å². The Labute approximate surface area is 156 Å². The van der Waals surface area contributed by atoms with Crippen molar-refractivity contribution < 1.29 is 34.1 Å². The fraction of sp³-hybridized carbons (Fsp3) is 0.133. The van der Waals surface area contributed by atoms with Gasteiger partial charge in [0.2, 0.25) is 5.76 Å². The summed E-state index contributed by atoms with van der Waals surface area (Å²) in [5, 5.41) is 24.6. The van der Waals surface area contributed by atoms with Crippen molar-refractivity contribution >= 4 is 52.9 Å². The first-order chi connectivity index (χ1) is 11.7. The van der Waals surface area contributed by atoms with E-state index in [1.807, 2.05) is 12.1 Å². The molecule has 0 amide bonds. The molecule has 1 heterocycles. The van der Waals surface area contributed by atoms with Gasteiger partial charge in [0.15, 0.2) is 5.09 Å². The van der Waals surface area contributed by atoms with Crippen molar-refractivity contribution in [1.29, 1.82) is 0 Å². The molecule has 0 fully saturated rings. The first-order valence-corrected chi connectivity index (χ1v) is 8.17. The monoisotopic (exact) mass is 406 g/mol. The topological polar surface area (TPSA) is 125 Å². The number of alkyl halides is 1. The number of carboxylic acid groups (broad SMARTS) is 3. The van der Waals surface area contributed by atoms with Gasteiger partial charge in [-0.05, 0) is 36.4 Å². The number of carboxylic acids is 3. The molecular formula is C15H12Cl2O7S. The molecule has 2 aromatic rings. The SMILES string of the molecule is O=C(O)C[C@H](Cl)C(=O)O.O=C(O)c1ccc(Sc2ccc(Cl)cc2)o1. The second kappa shape index (κ2) is 9.97. The second-order valence-electron chi connectivity index (χ2n) is 4.38. The highest BCUT2D eigenvalue weighted by Gasteiger charge is 2.16. The predicted molar refractivity (Wildman–Crippen MR) is 90.8 cm³/mol. The second-order valence-corrected chi connectivity index (χ2v) is 6.42. The van der Waals surface area contributed by atoms with Gasteiger partial charge in [-0.15, -0.1) is 11.6 Å². The Morgan fingerprint density at radius 1 is 1.04 bits per heavy atom. The summed E-state index contributed by atoms with van der Waals surface area (Å²) in [5.74, 6) is -3.64. The average Bonchev–Trinajstić information content (AvgIpc) is 2.98. The van der Waals surface area contributed by atoms with Crippen molar-refractivity contribution in [3.8, 4) is 0 Å². The van der Waals surface area contributed by atoms with Crippen LogP contribution >= 0.6 is 35.0 Å². The Kier molecular flexibility index (Phi) is 8.33. The number of halogens is 2. The molecule has 0 radical (unpaired) electrons. The van der Waals surface area contributed by atoms with E-state index in [2.05, 4.69) is 0 Å². The number of rotatable bonds is 6. The third kappa shape index (κ3) is 7.97. The van der Waals surface area contributed by atoms with Crippen LogP contribution in [0.5, 0.6) is 0 Å². The van der Waals surface area contributed by atoms with Gasteiger partial charge in [-0.25, -0.2) is 4.79 Å². The Morgan fingerprint density at radius 2 is 1.64 bits per heavy atom. The van der Waals surface area contributed by atoms with Crippen molar-refractivity contribution in [2.45, 2.75) is 21.8 Å². The standard InChI is InChI=1S/C11H7ClO3S.C4H5ClO4/c12-7-1-3-8(4-2-7)16-10-6-5-9(15-10)11(13)14;5-2(4(8)9)1-3(6)7/h1-6H,(H,13,14);2H,1H2,(H,6,7)(H,8,9)/t;2-/m.0/s1. The lowest BCUT2D eigenvalue weighted by atomic mass is 10.3.